The van der Waals surface area contributed by atoms with Crippen molar-refractivity contribution in [3.63, 3.8) is 0 Å². The lowest BCUT2D eigenvalue weighted by Crippen LogP contribution is -2.42. The van der Waals surface area contributed by atoms with Crippen molar-refractivity contribution in [2.75, 3.05) is 18.0 Å². The first kappa shape index (κ1) is 25.6. The van der Waals surface area contributed by atoms with Gasteiger partial charge in [0.2, 0.25) is 5.91 Å². The highest BCUT2D eigenvalue weighted by molar-refractivity contribution is 7.92. The summed E-state index contributed by atoms with van der Waals surface area (Å²) in [5.41, 5.74) is 3.28. The summed E-state index contributed by atoms with van der Waals surface area (Å²) < 4.78 is 33.4. The molecule has 3 aromatic rings. The molecule has 34 heavy (non-hydrogen) atoms. The molecule has 1 amide bonds. The molecule has 0 saturated carbocycles. The van der Waals surface area contributed by atoms with Crippen LogP contribution >= 0.6 is 11.6 Å². The van der Waals surface area contributed by atoms with Crippen LogP contribution in [0.2, 0.25) is 5.02 Å². The molecule has 3 rings (SSSR count). The second-order valence-corrected chi connectivity index (χ2v) is 10.4. The third-order valence-corrected chi connectivity index (χ3v) is 7.63. The van der Waals surface area contributed by atoms with E-state index in [0.29, 0.717) is 12.2 Å². The van der Waals surface area contributed by atoms with Crippen molar-refractivity contribution in [1.29, 1.82) is 0 Å². The molecule has 0 saturated heterocycles. The van der Waals surface area contributed by atoms with E-state index in [4.69, 9.17) is 16.3 Å². The lowest BCUT2D eigenvalue weighted by atomic mass is 10.0. The van der Waals surface area contributed by atoms with Crippen LogP contribution in [0.25, 0.3) is 0 Å². The molecule has 1 atom stereocenters. The zero-order chi connectivity index (χ0) is 24.9. The smallest absolute Gasteiger partial charge is 0.264 e. The van der Waals surface area contributed by atoms with E-state index in [1.807, 2.05) is 45.0 Å². The van der Waals surface area contributed by atoms with E-state index in [1.165, 1.54) is 25.3 Å². The lowest BCUT2D eigenvalue weighted by molar-refractivity contribution is -0.120. The van der Waals surface area contributed by atoms with Gasteiger partial charge < -0.3 is 10.1 Å². The summed E-state index contributed by atoms with van der Waals surface area (Å²) in [6, 6.07) is 18.8. The Balaban J connectivity index is 1.94. The van der Waals surface area contributed by atoms with Crippen molar-refractivity contribution in [3.8, 4) is 5.75 Å². The number of benzene rings is 3. The van der Waals surface area contributed by atoms with Gasteiger partial charge in [-0.15, -0.1) is 0 Å². The fourth-order valence-electron chi connectivity index (χ4n) is 3.55. The number of amides is 1. The average molecular weight is 501 g/mol. The van der Waals surface area contributed by atoms with Crippen LogP contribution in [-0.4, -0.2) is 28.0 Å². The first-order chi connectivity index (χ1) is 16.1. The number of nitrogens with one attached hydrogen (secondary N) is 1. The quantitative estimate of drug-likeness (QED) is 0.425. The summed E-state index contributed by atoms with van der Waals surface area (Å²) in [5.74, 6) is -0.0111. The number of carbonyl (C=O) groups excluding carboxylic acids is 1. The first-order valence-corrected chi connectivity index (χ1v) is 12.8. The highest BCUT2D eigenvalue weighted by Crippen LogP contribution is 2.32. The van der Waals surface area contributed by atoms with Gasteiger partial charge in [-0.05, 0) is 56.2 Å². The number of methoxy groups -OCH3 is 1. The molecule has 1 N–H and O–H groups in total. The summed E-state index contributed by atoms with van der Waals surface area (Å²) in [5, 5.41) is 3.22. The maximum absolute atomic E-state index is 13.6. The van der Waals surface area contributed by atoms with E-state index in [-0.39, 0.29) is 21.6 Å². The molecule has 0 aliphatic rings. The van der Waals surface area contributed by atoms with Gasteiger partial charge in [0.25, 0.3) is 10.0 Å². The molecule has 0 fully saturated rings. The van der Waals surface area contributed by atoms with E-state index in [0.717, 1.165) is 21.0 Å². The number of halogens is 1. The van der Waals surface area contributed by atoms with Gasteiger partial charge in [-0.1, -0.05) is 66.0 Å². The molecule has 0 radical (unpaired) electrons. The fraction of sp³-hybridized carbons (Fsp3) is 0.269. The van der Waals surface area contributed by atoms with Crippen LogP contribution in [0.5, 0.6) is 5.75 Å². The summed E-state index contributed by atoms with van der Waals surface area (Å²) in [4.78, 5) is 13.2. The normalized spacial score (nSPS) is 12.1. The van der Waals surface area contributed by atoms with Gasteiger partial charge in [-0.2, -0.15) is 0 Å². The highest BCUT2D eigenvalue weighted by Gasteiger charge is 2.28. The summed E-state index contributed by atoms with van der Waals surface area (Å²) in [7, 11) is -2.56. The molecule has 0 aliphatic carbocycles. The van der Waals surface area contributed by atoms with Crippen LogP contribution < -0.4 is 14.4 Å². The fourth-order valence-corrected chi connectivity index (χ4v) is 5.22. The molecule has 0 spiro atoms. The van der Waals surface area contributed by atoms with E-state index in [9.17, 15) is 13.2 Å². The Hall–Kier alpha value is -3.03. The van der Waals surface area contributed by atoms with Crippen molar-refractivity contribution >= 4 is 33.2 Å². The Morgan fingerprint density at radius 1 is 1.00 bits per heavy atom. The topological polar surface area (TPSA) is 75.7 Å². The number of ether oxygens (including phenoxy) is 1. The number of hydrogen-bond acceptors (Lipinski definition) is 4. The minimum Gasteiger partial charge on any atom is -0.495 e. The van der Waals surface area contributed by atoms with Gasteiger partial charge >= 0.3 is 0 Å². The first-order valence-electron chi connectivity index (χ1n) is 10.9. The van der Waals surface area contributed by atoms with Gasteiger partial charge in [0, 0.05) is 0 Å². The van der Waals surface area contributed by atoms with Crippen LogP contribution in [0.15, 0.2) is 71.6 Å². The van der Waals surface area contributed by atoms with E-state index in [1.54, 1.807) is 24.3 Å². The van der Waals surface area contributed by atoms with Crippen molar-refractivity contribution in [1.82, 2.24) is 5.32 Å². The standard InChI is InChI=1S/C26H29ClN2O4S/c1-5-24(20-10-6-18(2)7-11-20)28-26(30)17-29(21-12-15-25(33-4)23(27)16-21)34(31,32)22-13-8-19(3)9-14-22/h6-16,24H,5,17H2,1-4H3,(H,28,30)/t24-/m1/s1. The molecule has 180 valence electrons. The van der Waals surface area contributed by atoms with E-state index < -0.39 is 22.5 Å². The maximum atomic E-state index is 13.6. The summed E-state index contributed by atoms with van der Waals surface area (Å²) in [6.45, 7) is 5.44. The number of hydrogen-bond donors (Lipinski definition) is 1. The summed E-state index contributed by atoms with van der Waals surface area (Å²) in [6.07, 6.45) is 0.661. The van der Waals surface area contributed by atoms with Crippen molar-refractivity contribution in [2.24, 2.45) is 0 Å². The molecule has 0 unspecified atom stereocenters. The number of aryl methyl sites for hydroxylation is 2. The van der Waals surface area contributed by atoms with Gasteiger partial charge in [-0.3, -0.25) is 9.10 Å². The SMILES string of the molecule is CC[C@@H](NC(=O)CN(c1ccc(OC)c(Cl)c1)S(=O)(=O)c1ccc(C)cc1)c1ccc(C)cc1. The van der Waals surface area contributed by atoms with Crippen LogP contribution in [-0.2, 0) is 14.8 Å². The van der Waals surface area contributed by atoms with Crippen molar-refractivity contribution in [3.05, 3.63) is 88.4 Å². The number of sulfonamides is 1. The predicted molar refractivity (Wildman–Crippen MR) is 136 cm³/mol. The molecular formula is C26H29ClN2O4S. The monoisotopic (exact) mass is 500 g/mol. The second-order valence-electron chi connectivity index (χ2n) is 8.08. The molecule has 8 heteroatoms. The van der Waals surface area contributed by atoms with Crippen molar-refractivity contribution in [2.45, 2.75) is 38.1 Å². The molecule has 0 heterocycles. The largest absolute Gasteiger partial charge is 0.495 e. The summed E-state index contributed by atoms with van der Waals surface area (Å²) >= 11 is 6.28. The van der Waals surface area contributed by atoms with Gasteiger partial charge in [-0.25, -0.2) is 8.42 Å². The van der Waals surface area contributed by atoms with E-state index >= 15 is 0 Å². The van der Waals surface area contributed by atoms with E-state index in [2.05, 4.69) is 5.32 Å². The van der Waals surface area contributed by atoms with Gasteiger partial charge in [0.05, 0.1) is 28.8 Å². The number of rotatable bonds is 9. The van der Waals surface area contributed by atoms with Crippen LogP contribution in [0.1, 0.15) is 36.1 Å². The van der Waals surface area contributed by atoms with Crippen LogP contribution in [0.4, 0.5) is 5.69 Å². The van der Waals surface area contributed by atoms with Crippen LogP contribution in [0, 0.1) is 13.8 Å². The Labute approximate surface area is 206 Å². The highest BCUT2D eigenvalue weighted by atomic mass is 35.5. The van der Waals surface area contributed by atoms with Crippen molar-refractivity contribution < 1.29 is 17.9 Å². The van der Waals surface area contributed by atoms with Gasteiger partial charge in [0.1, 0.15) is 12.3 Å². The molecule has 0 aliphatic heterocycles. The third-order valence-electron chi connectivity index (χ3n) is 5.54. The Bertz CT molecular complexity index is 1240. The Kier molecular flexibility index (Phi) is 8.23. The Morgan fingerprint density at radius 2 is 1.59 bits per heavy atom. The molecule has 0 aromatic heterocycles. The number of nitrogens with zero attached hydrogens (tertiary/aromatic N) is 1. The molecular weight excluding hydrogens is 472 g/mol. The minimum absolute atomic E-state index is 0.0865. The predicted octanol–water partition coefficient (Wildman–Crippen LogP) is 5.43. The zero-order valence-corrected chi connectivity index (χ0v) is 21.3. The minimum atomic E-state index is -4.04. The van der Waals surface area contributed by atoms with Gasteiger partial charge in [0.15, 0.2) is 0 Å². The van der Waals surface area contributed by atoms with Crippen LogP contribution in [0.3, 0.4) is 0 Å². The molecule has 3 aromatic carbocycles. The average Bonchev–Trinajstić information content (AvgIpc) is 2.81. The maximum Gasteiger partial charge on any atom is 0.264 e. The number of carbonyl (C=O) groups is 1. The second kappa shape index (κ2) is 10.9. The Morgan fingerprint density at radius 3 is 2.12 bits per heavy atom. The third kappa shape index (κ3) is 5.90. The molecule has 0 bridgehead atoms. The molecule has 6 nitrogen and oxygen atoms in total. The zero-order valence-electron chi connectivity index (χ0n) is 19.7. The lowest BCUT2D eigenvalue weighted by Gasteiger charge is -2.26. The number of anilines is 1.